The van der Waals surface area contributed by atoms with Crippen LogP contribution in [0.5, 0.6) is 0 Å². The summed E-state index contributed by atoms with van der Waals surface area (Å²) < 4.78 is 27.6. The molecule has 4 rings (SSSR count). The first-order valence-electron chi connectivity index (χ1n) is 10.5. The average molecular weight is 487 g/mol. The molecule has 11 heteroatoms. The molecule has 1 amide bonds. The van der Waals surface area contributed by atoms with E-state index >= 15 is 0 Å². The maximum atomic E-state index is 12.6. The van der Waals surface area contributed by atoms with Gasteiger partial charge in [0.15, 0.2) is 0 Å². The Balaban J connectivity index is 1.34. The molecule has 0 aliphatic carbocycles. The fourth-order valence-corrected chi connectivity index (χ4v) is 5.41. The molecule has 9 nitrogen and oxygen atoms in total. The molecule has 0 saturated carbocycles. The van der Waals surface area contributed by atoms with Crippen molar-refractivity contribution in [3.8, 4) is 0 Å². The van der Waals surface area contributed by atoms with Crippen molar-refractivity contribution in [3.05, 3.63) is 65.2 Å². The van der Waals surface area contributed by atoms with Gasteiger partial charge in [-0.05, 0) is 43.8 Å². The highest BCUT2D eigenvalue weighted by molar-refractivity contribution is 7.91. The zero-order valence-corrected chi connectivity index (χ0v) is 20.1. The van der Waals surface area contributed by atoms with Crippen LogP contribution in [0.3, 0.4) is 0 Å². The van der Waals surface area contributed by atoms with Crippen molar-refractivity contribution in [2.45, 2.75) is 17.8 Å². The second kappa shape index (κ2) is 9.96. The lowest BCUT2D eigenvalue weighted by atomic mass is 10.1. The van der Waals surface area contributed by atoms with E-state index in [2.05, 4.69) is 37.1 Å². The van der Waals surface area contributed by atoms with Gasteiger partial charge in [0, 0.05) is 44.0 Å². The number of rotatable bonds is 7. The van der Waals surface area contributed by atoms with Crippen molar-refractivity contribution >= 4 is 38.1 Å². The average Bonchev–Trinajstić information content (AvgIpc) is 3.28. The van der Waals surface area contributed by atoms with E-state index in [1.807, 2.05) is 37.3 Å². The van der Waals surface area contributed by atoms with Crippen LogP contribution < -0.4 is 14.9 Å². The molecule has 1 aliphatic rings. The van der Waals surface area contributed by atoms with E-state index < -0.39 is 10.0 Å². The van der Waals surface area contributed by atoms with Crippen LogP contribution in [0.2, 0.25) is 0 Å². The Labute approximate surface area is 197 Å². The Morgan fingerprint density at radius 1 is 1.06 bits per heavy atom. The maximum absolute atomic E-state index is 12.6. The summed E-state index contributed by atoms with van der Waals surface area (Å²) in [4.78, 5) is 17.0. The van der Waals surface area contributed by atoms with E-state index in [1.165, 1.54) is 0 Å². The van der Waals surface area contributed by atoms with Gasteiger partial charge in [0.2, 0.25) is 9.47 Å². The third-order valence-electron chi connectivity index (χ3n) is 5.41. The zero-order chi connectivity index (χ0) is 23.4. The van der Waals surface area contributed by atoms with Gasteiger partial charge in [-0.1, -0.05) is 41.2 Å². The number of amides is 1. The highest BCUT2D eigenvalue weighted by Crippen LogP contribution is 2.21. The van der Waals surface area contributed by atoms with Crippen molar-refractivity contribution in [1.82, 2.24) is 19.8 Å². The molecule has 2 N–H and O–H groups in total. The van der Waals surface area contributed by atoms with E-state index in [9.17, 15) is 13.2 Å². The van der Waals surface area contributed by atoms with Crippen LogP contribution in [-0.2, 0) is 16.6 Å². The van der Waals surface area contributed by atoms with Crippen LogP contribution in [0.4, 0.5) is 10.8 Å². The predicted octanol–water partition coefficient (Wildman–Crippen LogP) is 2.33. The van der Waals surface area contributed by atoms with Gasteiger partial charge < -0.3 is 9.80 Å². The standard InChI is InChI=1S/C22H26N6O3S2/c1-16-4-3-5-18(14-16)20(29)24-21-25-26-22(32-21)33(30,31)23-15-17-6-8-19(9-7-17)28-12-10-27(2)11-13-28/h3-9,14,23H,10-13,15H2,1-2H3,(H,24,25,29). The molecular formula is C22H26N6O3S2. The smallest absolute Gasteiger partial charge is 0.270 e. The summed E-state index contributed by atoms with van der Waals surface area (Å²) in [5.41, 5.74) is 3.39. The molecule has 1 aliphatic heterocycles. The van der Waals surface area contributed by atoms with Crippen molar-refractivity contribution in [3.63, 3.8) is 0 Å². The summed E-state index contributed by atoms with van der Waals surface area (Å²) in [6.45, 7) is 6.02. The van der Waals surface area contributed by atoms with Gasteiger partial charge in [-0.2, -0.15) is 0 Å². The molecule has 33 heavy (non-hydrogen) atoms. The topological polar surface area (TPSA) is 108 Å². The van der Waals surface area contributed by atoms with Crippen LogP contribution >= 0.6 is 11.3 Å². The van der Waals surface area contributed by atoms with Crippen LogP contribution in [0.15, 0.2) is 52.9 Å². The van der Waals surface area contributed by atoms with E-state index in [4.69, 9.17) is 0 Å². The molecule has 1 aromatic heterocycles. The number of piperazine rings is 1. The minimum atomic E-state index is -3.85. The molecule has 0 radical (unpaired) electrons. The molecular weight excluding hydrogens is 460 g/mol. The Kier molecular flexibility index (Phi) is 7.03. The van der Waals surface area contributed by atoms with Gasteiger partial charge in [-0.3, -0.25) is 10.1 Å². The molecule has 2 aromatic carbocycles. The molecule has 0 bridgehead atoms. The van der Waals surface area contributed by atoms with Gasteiger partial charge >= 0.3 is 0 Å². The number of aryl methyl sites for hydroxylation is 1. The van der Waals surface area contributed by atoms with Gasteiger partial charge in [0.05, 0.1) is 0 Å². The van der Waals surface area contributed by atoms with Gasteiger partial charge in [-0.15, -0.1) is 10.2 Å². The number of carbonyl (C=O) groups excluding carboxylic acids is 1. The van der Waals surface area contributed by atoms with Crippen LogP contribution in [0, 0.1) is 6.92 Å². The number of likely N-dealkylation sites (N-methyl/N-ethyl adjacent to an activating group) is 1. The lowest BCUT2D eigenvalue weighted by Gasteiger charge is -2.34. The van der Waals surface area contributed by atoms with Gasteiger partial charge in [0.25, 0.3) is 15.9 Å². The first-order valence-corrected chi connectivity index (χ1v) is 12.8. The number of nitrogens with zero attached hydrogens (tertiary/aromatic N) is 4. The Bertz CT molecular complexity index is 1220. The maximum Gasteiger partial charge on any atom is 0.270 e. The summed E-state index contributed by atoms with van der Waals surface area (Å²) in [5, 5.41) is 10.3. The summed E-state index contributed by atoms with van der Waals surface area (Å²) >= 11 is 0.808. The molecule has 1 saturated heterocycles. The van der Waals surface area contributed by atoms with E-state index in [1.54, 1.807) is 18.2 Å². The van der Waals surface area contributed by atoms with Crippen molar-refractivity contribution in [2.24, 2.45) is 0 Å². The zero-order valence-electron chi connectivity index (χ0n) is 18.5. The van der Waals surface area contributed by atoms with E-state index in [0.717, 1.165) is 54.3 Å². The molecule has 0 spiro atoms. The van der Waals surface area contributed by atoms with Gasteiger partial charge in [0.1, 0.15) is 0 Å². The van der Waals surface area contributed by atoms with E-state index in [0.29, 0.717) is 5.56 Å². The molecule has 0 unspecified atom stereocenters. The van der Waals surface area contributed by atoms with Gasteiger partial charge in [-0.25, -0.2) is 13.1 Å². The molecule has 0 atom stereocenters. The predicted molar refractivity (Wildman–Crippen MR) is 129 cm³/mol. The normalized spacial score (nSPS) is 14.9. The number of aromatic nitrogens is 2. The molecule has 2 heterocycles. The summed E-state index contributed by atoms with van der Waals surface area (Å²) in [6.07, 6.45) is 0. The Hall–Kier alpha value is -2.86. The lowest BCUT2D eigenvalue weighted by Crippen LogP contribution is -2.44. The summed E-state index contributed by atoms with van der Waals surface area (Å²) in [7, 11) is -1.74. The first-order chi connectivity index (χ1) is 15.8. The van der Waals surface area contributed by atoms with Crippen molar-refractivity contribution < 1.29 is 13.2 Å². The van der Waals surface area contributed by atoms with Crippen LogP contribution in [-0.4, -0.2) is 62.6 Å². The highest BCUT2D eigenvalue weighted by Gasteiger charge is 2.21. The summed E-state index contributed by atoms with van der Waals surface area (Å²) in [5.74, 6) is -0.368. The number of benzene rings is 2. The number of hydrogen-bond acceptors (Lipinski definition) is 8. The van der Waals surface area contributed by atoms with Crippen LogP contribution in [0.25, 0.3) is 0 Å². The fraction of sp³-hybridized carbons (Fsp3) is 0.318. The quantitative estimate of drug-likeness (QED) is 0.494. The van der Waals surface area contributed by atoms with Crippen molar-refractivity contribution in [1.29, 1.82) is 0 Å². The number of anilines is 2. The SMILES string of the molecule is Cc1cccc(C(=O)Nc2nnc(S(=O)(=O)NCc3ccc(N4CCN(C)CC4)cc3)s2)c1. The van der Waals surface area contributed by atoms with Crippen LogP contribution in [0.1, 0.15) is 21.5 Å². The first kappa shape index (κ1) is 23.3. The number of sulfonamides is 1. The minimum Gasteiger partial charge on any atom is -0.369 e. The molecule has 3 aromatic rings. The highest BCUT2D eigenvalue weighted by atomic mass is 32.2. The number of nitrogens with one attached hydrogen (secondary N) is 2. The lowest BCUT2D eigenvalue weighted by molar-refractivity contribution is 0.102. The van der Waals surface area contributed by atoms with Crippen molar-refractivity contribution in [2.75, 3.05) is 43.4 Å². The second-order valence-corrected chi connectivity index (χ2v) is 10.9. The Morgan fingerprint density at radius 3 is 2.48 bits per heavy atom. The minimum absolute atomic E-state index is 0.124. The largest absolute Gasteiger partial charge is 0.369 e. The number of carbonyl (C=O) groups is 1. The second-order valence-electron chi connectivity index (χ2n) is 7.98. The molecule has 174 valence electrons. The Morgan fingerprint density at radius 2 is 1.79 bits per heavy atom. The third-order valence-corrected chi connectivity index (χ3v) is 8.02. The number of hydrogen-bond donors (Lipinski definition) is 2. The third kappa shape index (κ3) is 5.93. The summed E-state index contributed by atoms with van der Waals surface area (Å²) in [6, 6.07) is 15.0. The molecule has 1 fully saturated rings. The van der Waals surface area contributed by atoms with E-state index in [-0.39, 0.29) is 21.9 Å². The monoisotopic (exact) mass is 486 g/mol. The fourth-order valence-electron chi connectivity index (χ4n) is 3.45.